The number of aliphatic hydroxyl groups is 1. The second kappa shape index (κ2) is 4.08. The van der Waals surface area contributed by atoms with Gasteiger partial charge in [0.2, 0.25) is 0 Å². The third-order valence-corrected chi connectivity index (χ3v) is 2.81. The minimum atomic E-state index is 0.0922. The van der Waals surface area contributed by atoms with Crippen molar-refractivity contribution in [3.63, 3.8) is 0 Å². The molecule has 6 heteroatoms. The van der Waals surface area contributed by atoms with Gasteiger partial charge in [-0.25, -0.2) is 9.97 Å². The summed E-state index contributed by atoms with van der Waals surface area (Å²) >= 11 is 7.23. The summed E-state index contributed by atoms with van der Waals surface area (Å²) in [5, 5.41) is 12.9. The van der Waals surface area contributed by atoms with Crippen molar-refractivity contribution < 1.29 is 5.11 Å². The van der Waals surface area contributed by atoms with E-state index in [9.17, 15) is 0 Å². The van der Waals surface area contributed by atoms with Gasteiger partial charge in [0.25, 0.3) is 0 Å². The maximum Gasteiger partial charge on any atom is 0.183 e. The quantitative estimate of drug-likeness (QED) is 0.788. The molecule has 2 N–H and O–H groups in total. The highest BCUT2D eigenvalue weighted by Crippen LogP contribution is 2.26. The number of aliphatic hydroxyl groups excluding tert-OH is 1. The molecular formula is C8H8ClN3OS. The molecule has 74 valence electrons. The summed E-state index contributed by atoms with van der Waals surface area (Å²) in [6, 6.07) is 1.78. The zero-order valence-electron chi connectivity index (χ0n) is 7.20. The lowest BCUT2D eigenvalue weighted by Crippen LogP contribution is -2.04. The maximum atomic E-state index is 8.63. The van der Waals surface area contributed by atoms with Crippen LogP contribution in [0.25, 0.3) is 10.2 Å². The first-order valence-corrected chi connectivity index (χ1v) is 5.26. The topological polar surface area (TPSA) is 58.0 Å². The first-order valence-electron chi connectivity index (χ1n) is 4.06. The minimum Gasteiger partial charge on any atom is -0.395 e. The van der Waals surface area contributed by atoms with E-state index in [0.29, 0.717) is 11.7 Å². The van der Waals surface area contributed by atoms with Gasteiger partial charge in [-0.15, -0.1) is 0 Å². The Morgan fingerprint density at radius 3 is 3.21 bits per heavy atom. The molecule has 0 aromatic carbocycles. The Kier molecular flexibility index (Phi) is 2.81. The molecule has 2 aromatic heterocycles. The minimum absolute atomic E-state index is 0.0922. The zero-order valence-corrected chi connectivity index (χ0v) is 8.77. The van der Waals surface area contributed by atoms with E-state index in [-0.39, 0.29) is 6.61 Å². The predicted molar refractivity (Wildman–Crippen MR) is 58.0 cm³/mol. The molecule has 2 rings (SSSR count). The maximum absolute atomic E-state index is 8.63. The van der Waals surface area contributed by atoms with Crippen LogP contribution in [0.5, 0.6) is 0 Å². The molecule has 0 aliphatic heterocycles. The highest BCUT2D eigenvalue weighted by Gasteiger charge is 2.03. The van der Waals surface area contributed by atoms with Crippen molar-refractivity contribution in [2.45, 2.75) is 0 Å². The van der Waals surface area contributed by atoms with Crippen LogP contribution in [-0.4, -0.2) is 28.2 Å². The molecule has 0 amide bonds. The number of anilines is 1. The Hall–Kier alpha value is -0.910. The lowest BCUT2D eigenvalue weighted by Gasteiger charge is -1.95. The van der Waals surface area contributed by atoms with Gasteiger partial charge < -0.3 is 10.4 Å². The summed E-state index contributed by atoms with van der Waals surface area (Å²) in [5.74, 6) is 0. The van der Waals surface area contributed by atoms with E-state index in [1.54, 1.807) is 12.3 Å². The van der Waals surface area contributed by atoms with E-state index in [4.69, 9.17) is 16.7 Å². The smallest absolute Gasteiger partial charge is 0.183 e. The van der Waals surface area contributed by atoms with Crippen LogP contribution in [0.2, 0.25) is 5.15 Å². The van der Waals surface area contributed by atoms with Crippen molar-refractivity contribution in [2.24, 2.45) is 0 Å². The van der Waals surface area contributed by atoms with E-state index >= 15 is 0 Å². The second-order valence-corrected chi connectivity index (χ2v) is 4.06. The Balaban J connectivity index is 2.32. The summed E-state index contributed by atoms with van der Waals surface area (Å²) in [6.07, 6.45) is 1.64. The molecule has 14 heavy (non-hydrogen) atoms. The van der Waals surface area contributed by atoms with E-state index < -0.39 is 0 Å². The van der Waals surface area contributed by atoms with Crippen molar-refractivity contribution in [1.82, 2.24) is 9.97 Å². The number of nitrogens with zero attached hydrogens (tertiary/aromatic N) is 2. The highest BCUT2D eigenvalue weighted by atomic mass is 35.5. The van der Waals surface area contributed by atoms with E-state index in [0.717, 1.165) is 15.3 Å². The first kappa shape index (κ1) is 9.64. The molecule has 0 bridgehead atoms. The van der Waals surface area contributed by atoms with Crippen LogP contribution < -0.4 is 5.32 Å². The molecule has 0 unspecified atom stereocenters. The monoisotopic (exact) mass is 229 g/mol. The van der Waals surface area contributed by atoms with Crippen molar-refractivity contribution in [3.05, 3.63) is 17.4 Å². The SMILES string of the molecule is OCCNc1nc2cnc(Cl)cc2s1. The molecule has 0 atom stereocenters. The van der Waals surface area contributed by atoms with Gasteiger partial charge in [0.05, 0.1) is 17.5 Å². The zero-order chi connectivity index (χ0) is 9.97. The Labute approximate surface area is 89.6 Å². The molecule has 4 nitrogen and oxygen atoms in total. The largest absolute Gasteiger partial charge is 0.395 e. The Morgan fingerprint density at radius 2 is 2.43 bits per heavy atom. The fourth-order valence-corrected chi connectivity index (χ4v) is 2.17. The van der Waals surface area contributed by atoms with Gasteiger partial charge in [-0.05, 0) is 6.07 Å². The van der Waals surface area contributed by atoms with Gasteiger partial charge in [0.1, 0.15) is 10.7 Å². The van der Waals surface area contributed by atoms with Crippen molar-refractivity contribution in [1.29, 1.82) is 0 Å². The summed E-state index contributed by atoms with van der Waals surface area (Å²) in [6.45, 7) is 0.593. The van der Waals surface area contributed by atoms with E-state index in [1.807, 2.05) is 0 Å². The van der Waals surface area contributed by atoms with Crippen LogP contribution >= 0.6 is 22.9 Å². The fraction of sp³-hybridized carbons (Fsp3) is 0.250. The highest BCUT2D eigenvalue weighted by molar-refractivity contribution is 7.22. The number of fused-ring (bicyclic) bond motifs is 1. The Bertz CT molecular complexity index is 445. The molecule has 2 aromatic rings. The lowest BCUT2D eigenvalue weighted by molar-refractivity contribution is 0.311. The van der Waals surface area contributed by atoms with Crippen LogP contribution in [0.1, 0.15) is 0 Å². The van der Waals surface area contributed by atoms with Gasteiger partial charge in [-0.2, -0.15) is 0 Å². The van der Waals surface area contributed by atoms with Crippen LogP contribution in [0, 0.1) is 0 Å². The van der Waals surface area contributed by atoms with Gasteiger partial charge in [0.15, 0.2) is 5.13 Å². The van der Waals surface area contributed by atoms with Crippen LogP contribution in [-0.2, 0) is 0 Å². The summed E-state index contributed by atoms with van der Waals surface area (Å²) in [7, 11) is 0. The predicted octanol–water partition coefficient (Wildman–Crippen LogP) is 1.75. The number of rotatable bonds is 3. The van der Waals surface area contributed by atoms with Gasteiger partial charge in [-0.1, -0.05) is 22.9 Å². The van der Waals surface area contributed by atoms with Crippen molar-refractivity contribution in [3.8, 4) is 0 Å². The molecule has 0 radical (unpaired) electrons. The van der Waals surface area contributed by atoms with E-state index in [2.05, 4.69) is 15.3 Å². The number of thiazole rings is 1. The standard InChI is InChI=1S/C8H8ClN3OS/c9-7-3-6-5(4-11-7)12-8(14-6)10-1-2-13/h3-4,13H,1-2H2,(H,10,12). The van der Waals surface area contributed by atoms with Gasteiger partial charge in [0, 0.05) is 6.54 Å². The normalized spacial score (nSPS) is 10.7. The fourth-order valence-electron chi connectivity index (χ4n) is 1.05. The first-order chi connectivity index (χ1) is 6.79. The molecule has 0 spiro atoms. The van der Waals surface area contributed by atoms with E-state index in [1.165, 1.54) is 11.3 Å². The van der Waals surface area contributed by atoms with Crippen LogP contribution in [0.15, 0.2) is 12.3 Å². The average Bonchev–Trinajstić information content (AvgIpc) is 2.56. The number of pyridine rings is 1. The summed E-state index contributed by atoms with van der Waals surface area (Å²) in [5.41, 5.74) is 0.819. The third kappa shape index (κ3) is 1.95. The number of hydrogen-bond acceptors (Lipinski definition) is 5. The molecule has 0 saturated carbocycles. The van der Waals surface area contributed by atoms with Crippen LogP contribution in [0.3, 0.4) is 0 Å². The molecule has 0 fully saturated rings. The number of hydrogen-bond donors (Lipinski definition) is 2. The Morgan fingerprint density at radius 1 is 1.57 bits per heavy atom. The molecule has 0 aliphatic carbocycles. The van der Waals surface area contributed by atoms with Crippen LogP contribution in [0.4, 0.5) is 5.13 Å². The third-order valence-electron chi connectivity index (χ3n) is 1.63. The van der Waals surface area contributed by atoms with Crippen molar-refractivity contribution >= 4 is 38.3 Å². The second-order valence-electron chi connectivity index (χ2n) is 2.64. The summed E-state index contributed by atoms with van der Waals surface area (Å²) < 4.78 is 0.991. The molecule has 0 saturated heterocycles. The number of nitrogens with one attached hydrogen (secondary N) is 1. The number of aromatic nitrogens is 2. The van der Waals surface area contributed by atoms with Gasteiger partial charge in [-0.3, -0.25) is 0 Å². The lowest BCUT2D eigenvalue weighted by atomic mass is 10.5. The molecule has 0 aliphatic rings. The average molecular weight is 230 g/mol. The summed E-state index contributed by atoms with van der Waals surface area (Å²) in [4.78, 5) is 8.20. The number of halogens is 1. The molecule has 2 heterocycles. The van der Waals surface area contributed by atoms with Gasteiger partial charge >= 0.3 is 0 Å². The molecular weight excluding hydrogens is 222 g/mol. The van der Waals surface area contributed by atoms with Crippen molar-refractivity contribution in [2.75, 3.05) is 18.5 Å².